The van der Waals surface area contributed by atoms with E-state index in [1.54, 1.807) is 0 Å². The van der Waals surface area contributed by atoms with Crippen molar-refractivity contribution in [2.75, 3.05) is 5.32 Å². The zero-order valence-electron chi connectivity index (χ0n) is 9.47. The van der Waals surface area contributed by atoms with Gasteiger partial charge in [-0.15, -0.1) is 0 Å². The van der Waals surface area contributed by atoms with Crippen molar-refractivity contribution in [3.05, 3.63) is 47.4 Å². The average Bonchev–Trinajstić information content (AvgIpc) is 2.33. The van der Waals surface area contributed by atoms with Crippen molar-refractivity contribution in [3.8, 4) is 0 Å². The number of nitrogens with one attached hydrogen (secondary N) is 1. The van der Waals surface area contributed by atoms with Crippen LogP contribution < -0.4 is 10.5 Å². The van der Waals surface area contributed by atoms with Crippen molar-refractivity contribution < 1.29 is 12.8 Å². The standard InChI is InChI=1S/C11H9ClFN3O2S/c12-8-6-7(3-4-9(8)13)16-11-10(19(14,17)18)2-1-5-15-11/h1-6H,(H,15,16)(H2,14,17,18). The van der Waals surface area contributed by atoms with E-state index in [1.807, 2.05) is 0 Å². The zero-order valence-corrected chi connectivity index (χ0v) is 11.0. The summed E-state index contributed by atoms with van der Waals surface area (Å²) in [7, 11) is -3.90. The molecule has 0 bridgehead atoms. The highest BCUT2D eigenvalue weighted by atomic mass is 35.5. The number of aromatic nitrogens is 1. The van der Waals surface area contributed by atoms with Crippen LogP contribution in [0, 0.1) is 5.82 Å². The summed E-state index contributed by atoms with van der Waals surface area (Å²) in [6, 6.07) is 6.64. The van der Waals surface area contributed by atoms with Crippen molar-refractivity contribution in [1.29, 1.82) is 0 Å². The third kappa shape index (κ3) is 3.19. The molecule has 0 atom stereocenters. The highest BCUT2D eigenvalue weighted by Gasteiger charge is 2.14. The lowest BCUT2D eigenvalue weighted by atomic mass is 10.3. The van der Waals surface area contributed by atoms with Crippen LogP contribution in [0.3, 0.4) is 0 Å². The molecule has 0 aliphatic heterocycles. The highest BCUT2D eigenvalue weighted by molar-refractivity contribution is 7.89. The summed E-state index contributed by atoms with van der Waals surface area (Å²) in [5.74, 6) is -0.521. The molecule has 19 heavy (non-hydrogen) atoms. The molecule has 3 N–H and O–H groups in total. The SMILES string of the molecule is NS(=O)(=O)c1cccnc1Nc1ccc(F)c(Cl)c1. The quantitative estimate of drug-likeness (QED) is 0.910. The van der Waals surface area contributed by atoms with Crippen LogP contribution >= 0.6 is 11.6 Å². The summed E-state index contributed by atoms with van der Waals surface area (Å²) in [5, 5.41) is 7.71. The summed E-state index contributed by atoms with van der Waals surface area (Å²) in [5.41, 5.74) is 0.398. The molecular weight excluding hydrogens is 293 g/mol. The molecule has 0 unspecified atom stereocenters. The Labute approximate surface area is 114 Å². The van der Waals surface area contributed by atoms with Crippen molar-refractivity contribution in [1.82, 2.24) is 4.98 Å². The van der Waals surface area contributed by atoms with Crippen LogP contribution in [0.4, 0.5) is 15.9 Å². The molecule has 2 rings (SSSR count). The molecule has 0 saturated heterocycles. The maximum atomic E-state index is 13.0. The van der Waals surface area contributed by atoms with Gasteiger partial charge in [-0.05, 0) is 30.3 Å². The van der Waals surface area contributed by atoms with Gasteiger partial charge in [0.2, 0.25) is 10.0 Å². The minimum atomic E-state index is -3.90. The van der Waals surface area contributed by atoms with Gasteiger partial charge in [0, 0.05) is 11.9 Å². The number of benzene rings is 1. The molecule has 0 saturated carbocycles. The Hall–Kier alpha value is -1.70. The number of halogens is 2. The monoisotopic (exact) mass is 301 g/mol. The first-order valence-electron chi connectivity index (χ1n) is 5.08. The smallest absolute Gasteiger partial charge is 0.241 e. The van der Waals surface area contributed by atoms with E-state index < -0.39 is 15.8 Å². The van der Waals surface area contributed by atoms with Crippen LogP contribution in [-0.2, 0) is 10.0 Å². The first kappa shape index (κ1) is 13.7. The summed E-state index contributed by atoms with van der Waals surface area (Å²) in [4.78, 5) is 3.73. The number of anilines is 2. The first-order chi connectivity index (χ1) is 8.88. The van der Waals surface area contributed by atoms with Gasteiger partial charge in [0.15, 0.2) is 5.82 Å². The molecule has 0 aliphatic carbocycles. The Morgan fingerprint density at radius 2 is 2.05 bits per heavy atom. The zero-order chi connectivity index (χ0) is 14.0. The number of nitrogens with zero attached hydrogens (tertiary/aromatic N) is 1. The Morgan fingerprint density at radius 1 is 1.32 bits per heavy atom. The second kappa shape index (κ2) is 5.12. The van der Waals surface area contributed by atoms with Crippen LogP contribution in [0.5, 0.6) is 0 Å². The Bertz CT molecular complexity index is 722. The Kier molecular flexibility index (Phi) is 3.70. The van der Waals surface area contributed by atoms with Crippen molar-refractivity contribution in [2.24, 2.45) is 5.14 Å². The second-order valence-corrected chi connectivity index (χ2v) is 5.59. The maximum Gasteiger partial charge on any atom is 0.241 e. The molecule has 1 aromatic heterocycles. The first-order valence-corrected chi connectivity index (χ1v) is 7.00. The molecule has 0 amide bonds. The van der Waals surface area contributed by atoms with Gasteiger partial charge in [-0.2, -0.15) is 0 Å². The lowest BCUT2D eigenvalue weighted by Crippen LogP contribution is -2.14. The van der Waals surface area contributed by atoms with E-state index in [9.17, 15) is 12.8 Å². The van der Waals surface area contributed by atoms with Crippen LogP contribution in [0.25, 0.3) is 0 Å². The fraction of sp³-hybridized carbons (Fsp3) is 0. The topological polar surface area (TPSA) is 85.1 Å². The van der Waals surface area contributed by atoms with E-state index in [0.29, 0.717) is 5.69 Å². The van der Waals surface area contributed by atoms with E-state index in [4.69, 9.17) is 16.7 Å². The van der Waals surface area contributed by atoms with Gasteiger partial charge in [-0.1, -0.05) is 11.6 Å². The van der Waals surface area contributed by atoms with E-state index >= 15 is 0 Å². The van der Waals surface area contributed by atoms with E-state index in [1.165, 1.54) is 30.5 Å². The van der Waals surface area contributed by atoms with Crippen molar-refractivity contribution in [3.63, 3.8) is 0 Å². The lowest BCUT2D eigenvalue weighted by Gasteiger charge is -2.09. The van der Waals surface area contributed by atoms with E-state index in [-0.39, 0.29) is 15.7 Å². The predicted octanol–water partition coefficient (Wildman–Crippen LogP) is 2.27. The molecule has 8 heteroatoms. The lowest BCUT2D eigenvalue weighted by molar-refractivity contribution is 0.598. The normalized spacial score (nSPS) is 11.3. The molecule has 0 aliphatic rings. The minimum absolute atomic E-state index is 0.0488. The number of pyridine rings is 1. The van der Waals surface area contributed by atoms with Crippen LogP contribution in [0.2, 0.25) is 5.02 Å². The third-order valence-corrected chi connectivity index (χ3v) is 3.49. The molecule has 1 aromatic carbocycles. The fourth-order valence-electron chi connectivity index (χ4n) is 1.42. The van der Waals surface area contributed by atoms with Crippen LogP contribution in [0.15, 0.2) is 41.4 Å². The van der Waals surface area contributed by atoms with Gasteiger partial charge in [0.05, 0.1) is 5.02 Å². The van der Waals surface area contributed by atoms with Gasteiger partial charge < -0.3 is 5.32 Å². The Balaban J connectivity index is 2.41. The summed E-state index contributed by atoms with van der Waals surface area (Å²) >= 11 is 5.63. The molecule has 100 valence electrons. The summed E-state index contributed by atoms with van der Waals surface area (Å²) in [6.45, 7) is 0. The molecule has 0 spiro atoms. The fourth-order valence-corrected chi connectivity index (χ4v) is 2.25. The highest BCUT2D eigenvalue weighted by Crippen LogP contribution is 2.24. The number of rotatable bonds is 3. The number of hydrogen-bond acceptors (Lipinski definition) is 4. The third-order valence-electron chi connectivity index (χ3n) is 2.26. The Morgan fingerprint density at radius 3 is 2.68 bits per heavy atom. The molecule has 0 radical (unpaired) electrons. The van der Waals surface area contributed by atoms with Gasteiger partial charge >= 0.3 is 0 Å². The number of sulfonamides is 1. The summed E-state index contributed by atoms with van der Waals surface area (Å²) in [6.07, 6.45) is 1.40. The molecule has 1 heterocycles. The molecular formula is C11H9ClFN3O2S. The maximum absolute atomic E-state index is 13.0. The average molecular weight is 302 g/mol. The van der Waals surface area contributed by atoms with Crippen molar-refractivity contribution in [2.45, 2.75) is 4.90 Å². The number of primary sulfonamides is 1. The summed E-state index contributed by atoms with van der Waals surface area (Å²) < 4.78 is 35.8. The van der Waals surface area contributed by atoms with Gasteiger partial charge in [-0.25, -0.2) is 22.9 Å². The van der Waals surface area contributed by atoms with E-state index in [0.717, 1.165) is 6.07 Å². The minimum Gasteiger partial charge on any atom is -0.339 e. The van der Waals surface area contributed by atoms with E-state index in [2.05, 4.69) is 10.3 Å². The number of hydrogen-bond donors (Lipinski definition) is 2. The predicted molar refractivity (Wildman–Crippen MR) is 70.3 cm³/mol. The molecule has 2 aromatic rings. The van der Waals surface area contributed by atoms with Crippen LogP contribution in [-0.4, -0.2) is 13.4 Å². The van der Waals surface area contributed by atoms with Crippen LogP contribution in [0.1, 0.15) is 0 Å². The second-order valence-electron chi connectivity index (χ2n) is 3.65. The van der Waals surface area contributed by atoms with Gasteiger partial charge in [-0.3, -0.25) is 0 Å². The molecule has 5 nitrogen and oxygen atoms in total. The van der Waals surface area contributed by atoms with Gasteiger partial charge in [0.25, 0.3) is 0 Å². The molecule has 0 fully saturated rings. The number of nitrogens with two attached hydrogens (primary N) is 1. The van der Waals surface area contributed by atoms with Gasteiger partial charge in [0.1, 0.15) is 10.7 Å². The largest absolute Gasteiger partial charge is 0.339 e. The van der Waals surface area contributed by atoms with Crippen molar-refractivity contribution >= 4 is 33.1 Å².